The molecule has 0 aliphatic carbocycles. The highest BCUT2D eigenvalue weighted by molar-refractivity contribution is 7.92. The van der Waals surface area contributed by atoms with E-state index in [1.54, 1.807) is 136 Å². The van der Waals surface area contributed by atoms with Gasteiger partial charge in [0.2, 0.25) is 16.4 Å². The SMILES string of the molecule is Cc1cc(Cl)c(N)c(Cl)c1.Cc1cc(N)cc(CO)c1.Cc1cc(O)cc(O)c1.Cc1ccc(F)c(C)c1.Cc1ccc(O)c(C)c1.Cc1ccc(O)c(CO)c1.Cc1ccc(O)c(CO)n1.Cc1ccc(O)c(N)c1.Cc1ccc(O)c(NC=O)c1.Cc1ccc(O)c(NS(C)(=O)=O)c1.Cc1ccc(O)c(O)c1. The Morgan fingerprint density at radius 1 is 0.404 bits per heavy atom. The van der Waals surface area contributed by atoms with E-state index in [1.165, 1.54) is 42.0 Å². The quantitative estimate of drug-likeness (QED) is 0.0400. The van der Waals surface area contributed by atoms with E-state index in [9.17, 15) is 22.7 Å². The number of carbonyl (C=O) groups is 1. The molecule has 1 aromatic heterocycles. The summed E-state index contributed by atoms with van der Waals surface area (Å²) in [6, 6.07) is 52.1. The number of nitrogens with zero attached hydrogens (tertiary/aromatic N) is 1. The minimum atomic E-state index is -3.33. The van der Waals surface area contributed by atoms with Crippen LogP contribution in [0.15, 0.2) is 188 Å². The Hall–Kier alpha value is -11.6. The first-order valence-corrected chi connectivity index (χ1v) is 35.7. The molecule has 26 heteroatoms. The number of amides is 1. The summed E-state index contributed by atoms with van der Waals surface area (Å²) in [6.07, 6.45) is 1.57. The number of nitrogen functional groups attached to an aromatic ring is 3. The summed E-state index contributed by atoms with van der Waals surface area (Å²) in [7, 11) is -3.33. The summed E-state index contributed by atoms with van der Waals surface area (Å²) >= 11 is 11.4. The molecule has 0 saturated carbocycles. The van der Waals surface area contributed by atoms with E-state index >= 15 is 0 Å². The highest BCUT2D eigenvalue weighted by atomic mass is 35.5. The molecular weight excluding hydrogens is 1460 g/mol. The minimum Gasteiger partial charge on any atom is -0.508 e. The second-order valence-electron chi connectivity index (χ2n) is 24.7. The fourth-order valence-electron chi connectivity index (χ4n) is 8.67. The van der Waals surface area contributed by atoms with E-state index in [-0.39, 0.29) is 83.1 Å². The molecule has 0 unspecified atom stereocenters. The number of aromatic nitrogens is 1. The maximum Gasteiger partial charge on any atom is 0.229 e. The molecule has 586 valence electrons. The van der Waals surface area contributed by atoms with Gasteiger partial charge in [-0.25, -0.2) is 12.8 Å². The van der Waals surface area contributed by atoms with Crippen molar-refractivity contribution in [1.82, 2.24) is 4.98 Å². The Labute approximate surface area is 647 Å². The van der Waals surface area contributed by atoms with Crippen LogP contribution < -0.4 is 27.2 Å². The van der Waals surface area contributed by atoms with Crippen molar-refractivity contribution in [3.63, 3.8) is 0 Å². The summed E-state index contributed by atoms with van der Waals surface area (Å²) in [6.45, 7) is 24.2. The van der Waals surface area contributed by atoms with Gasteiger partial charge in [-0.05, 0) is 261 Å². The molecule has 0 fully saturated rings. The van der Waals surface area contributed by atoms with Gasteiger partial charge in [-0.3, -0.25) is 14.5 Å². The zero-order valence-corrected chi connectivity index (χ0v) is 65.7. The molecule has 11 aromatic rings. The van der Waals surface area contributed by atoms with Crippen LogP contribution in [0, 0.1) is 95.8 Å². The van der Waals surface area contributed by atoms with E-state index in [0.717, 1.165) is 78.7 Å². The molecule has 0 atom stereocenters. The van der Waals surface area contributed by atoms with Gasteiger partial charge in [0.05, 0.1) is 58.9 Å². The number of pyridine rings is 1. The summed E-state index contributed by atoms with van der Waals surface area (Å²) in [5.41, 5.74) is 33.0. The van der Waals surface area contributed by atoms with Crippen LogP contribution in [-0.4, -0.2) is 92.5 Å². The van der Waals surface area contributed by atoms with Gasteiger partial charge in [0.25, 0.3) is 0 Å². The number of halogens is 3. The number of hydrogen-bond donors (Lipinski definition) is 18. The number of benzene rings is 10. The average molecular weight is 1560 g/mol. The van der Waals surface area contributed by atoms with Crippen molar-refractivity contribution < 1.29 is 84.0 Å². The van der Waals surface area contributed by atoms with Crippen LogP contribution in [-0.2, 0) is 34.6 Å². The number of anilines is 5. The molecule has 0 aliphatic rings. The molecule has 0 saturated heterocycles. The molecule has 22 nitrogen and oxygen atoms in total. The summed E-state index contributed by atoms with van der Waals surface area (Å²) in [5.74, 6) is 0.706. The number of phenols is 9. The predicted molar refractivity (Wildman–Crippen MR) is 436 cm³/mol. The first-order valence-electron chi connectivity index (χ1n) is 33.0. The van der Waals surface area contributed by atoms with Crippen LogP contribution in [0.2, 0.25) is 10.0 Å². The van der Waals surface area contributed by atoms with Gasteiger partial charge in [-0.2, -0.15) is 0 Å². The first kappa shape index (κ1) is 95.4. The van der Waals surface area contributed by atoms with Crippen LogP contribution in [0.25, 0.3) is 0 Å². The number of carbonyl (C=O) groups excluding carboxylic acids is 1. The van der Waals surface area contributed by atoms with Gasteiger partial charge in [0.1, 0.15) is 57.5 Å². The molecule has 1 amide bonds. The van der Waals surface area contributed by atoms with E-state index in [2.05, 4.69) is 15.0 Å². The number of nitrogens with two attached hydrogens (primary N) is 3. The van der Waals surface area contributed by atoms with Gasteiger partial charge in [0.15, 0.2) is 11.5 Å². The molecule has 10 aromatic carbocycles. The van der Waals surface area contributed by atoms with Gasteiger partial charge >= 0.3 is 0 Å². The number of hydrogen-bond acceptors (Lipinski definition) is 20. The maximum absolute atomic E-state index is 12.5. The van der Waals surface area contributed by atoms with Gasteiger partial charge < -0.3 is 88.9 Å². The molecule has 0 aliphatic heterocycles. The van der Waals surface area contributed by atoms with Crippen molar-refractivity contribution in [2.24, 2.45) is 0 Å². The van der Waals surface area contributed by atoms with Gasteiger partial charge in [-0.1, -0.05) is 107 Å². The molecule has 21 N–H and O–H groups in total. The lowest BCUT2D eigenvalue weighted by atomic mass is 10.1. The summed E-state index contributed by atoms with van der Waals surface area (Å²) < 4.78 is 36.4. The second kappa shape index (κ2) is 48.5. The van der Waals surface area contributed by atoms with E-state index in [1.807, 2.05) is 106 Å². The highest BCUT2D eigenvalue weighted by Gasteiger charge is 2.08. The molecule has 0 bridgehead atoms. The third-order valence-electron chi connectivity index (χ3n) is 14.1. The molecular formula is C83H101Cl2FN6O16S. The maximum atomic E-state index is 12.5. The van der Waals surface area contributed by atoms with Gasteiger partial charge in [-0.15, -0.1) is 0 Å². The Balaban J connectivity index is 0.000000600. The molecule has 0 spiro atoms. The van der Waals surface area contributed by atoms with Crippen molar-refractivity contribution in [1.29, 1.82) is 0 Å². The molecule has 1 heterocycles. The van der Waals surface area contributed by atoms with Crippen molar-refractivity contribution in [2.45, 2.75) is 110 Å². The molecule has 11 rings (SSSR count). The monoisotopic (exact) mass is 1560 g/mol. The third-order valence-corrected chi connectivity index (χ3v) is 15.3. The van der Waals surface area contributed by atoms with Crippen LogP contribution in [0.5, 0.6) is 57.5 Å². The van der Waals surface area contributed by atoms with Gasteiger partial charge in [0, 0.05) is 23.0 Å². The topological polar surface area (TPSA) is 429 Å². The van der Waals surface area contributed by atoms with E-state index < -0.39 is 10.0 Å². The van der Waals surface area contributed by atoms with E-state index in [4.69, 9.17) is 102 Å². The summed E-state index contributed by atoms with van der Waals surface area (Å²) in [4.78, 5) is 13.9. The van der Waals surface area contributed by atoms with Crippen molar-refractivity contribution >= 4 is 68.1 Å². The Bertz CT molecular complexity index is 4460. The second-order valence-corrected chi connectivity index (χ2v) is 27.3. The lowest BCUT2D eigenvalue weighted by Crippen LogP contribution is -2.09. The minimum absolute atomic E-state index is 0.0492. The standard InChI is InChI=1S/C8H9F.C8H11NO3S.C8H9NO2.C8H11NO.C8H10O2.C8H10O.C7H7Cl2N.C7H9NO2.C7H9NO.2C7H8O2/c1-6-3-4-8(9)7(2)5-6;1-6-3-4-8(10)7(5-6)9-13(2,11)12;1-6-2-3-8(11)7(4-6)9-5-10;1-6-2-7(5-10)4-8(9)3-6;1-6-2-3-8(10)7(4-6)5-9;1-6-3-4-8(9)7(2)5-6;1-4-2-5(8)7(10)6(9)3-4;1-5-2-3-7(10)6(4-9)8-5;1-5-2-3-7(9)6(8)4-5;1-5-2-6(8)4-7(9)3-5;1-5-2-3-6(8)7(9)4-5/h3-5H,1-2H3;3-5,9-10H,1-2H3;2-5,11H,1H3,(H,9,10);2-4,10H,5,9H2,1H3;2-4,9-10H,5H2,1H3;3-5,9H,1-2H3;2-3H,10H2,1H3;2-3,9-10H,4H2,1H3;2-4,9H,8H2,1H3;2*2-4,8-9H,1H3. The lowest BCUT2D eigenvalue weighted by molar-refractivity contribution is -0.105. The fraction of sp³-hybridized carbons (Fsp3) is 0.205. The average Bonchev–Trinajstić information content (AvgIpc) is 0.865. The first-order chi connectivity index (χ1) is 50.9. The smallest absolute Gasteiger partial charge is 0.229 e. The Morgan fingerprint density at radius 3 is 1.23 bits per heavy atom. The Kier molecular flexibility index (Phi) is 42.5. The normalized spacial score (nSPS) is 9.80. The summed E-state index contributed by atoms with van der Waals surface area (Å²) in [5, 5.41) is 119. The number of aliphatic hydroxyl groups excluding tert-OH is 3. The number of rotatable bonds is 7. The molecule has 0 radical (unpaired) electrons. The number of aromatic hydroxyl groups is 10. The van der Waals surface area contributed by atoms with Crippen molar-refractivity contribution in [3.8, 4) is 57.5 Å². The van der Waals surface area contributed by atoms with Crippen LogP contribution in [0.1, 0.15) is 89.3 Å². The third kappa shape index (κ3) is 40.1. The molecule has 109 heavy (non-hydrogen) atoms. The number of nitrogens with one attached hydrogen (secondary N) is 2. The fourth-order valence-corrected chi connectivity index (χ4v) is 9.83. The predicted octanol–water partition coefficient (Wildman–Crippen LogP) is 16.6. The zero-order valence-electron chi connectivity index (χ0n) is 63.4. The lowest BCUT2D eigenvalue weighted by Gasteiger charge is -2.06. The Morgan fingerprint density at radius 2 is 0.826 bits per heavy atom. The number of aryl methyl sites for hydroxylation is 13. The number of sulfonamides is 1. The van der Waals surface area contributed by atoms with Crippen molar-refractivity contribution in [3.05, 3.63) is 293 Å². The van der Waals surface area contributed by atoms with Crippen LogP contribution in [0.4, 0.5) is 32.8 Å². The van der Waals surface area contributed by atoms with Crippen molar-refractivity contribution in [2.75, 3.05) is 33.5 Å². The highest BCUT2D eigenvalue weighted by Crippen LogP contribution is 2.30. The number of aliphatic hydroxyl groups is 3. The van der Waals surface area contributed by atoms with Crippen LogP contribution >= 0.6 is 23.2 Å². The van der Waals surface area contributed by atoms with Crippen LogP contribution in [0.3, 0.4) is 0 Å². The zero-order chi connectivity index (χ0) is 83.0. The van der Waals surface area contributed by atoms with E-state index in [0.29, 0.717) is 56.2 Å². The largest absolute Gasteiger partial charge is 0.508 e. The number of phenolic OH excluding ortho intramolecular Hbond substituents is 8.